The van der Waals surface area contributed by atoms with Gasteiger partial charge in [0.1, 0.15) is 11.3 Å². The maximum absolute atomic E-state index is 12.9. The van der Waals surface area contributed by atoms with E-state index in [2.05, 4.69) is 16.9 Å². The summed E-state index contributed by atoms with van der Waals surface area (Å²) in [6, 6.07) is 9.80. The number of hydrogen-bond donors (Lipinski definition) is 1. The van der Waals surface area contributed by atoms with Crippen molar-refractivity contribution in [1.29, 1.82) is 0 Å². The van der Waals surface area contributed by atoms with Crippen molar-refractivity contribution in [2.45, 2.75) is 20.0 Å². The maximum Gasteiger partial charge on any atom is 0.246 e. The Morgan fingerprint density at radius 2 is 2.12 bits per heavy atom. The van der Waals surface area contributed by atoms with Crippen LogP contribution in [0.2, 0.25) is 5.02 Å². The van der Waals surface area contributed by atoms with Crippen LogP contribution < -0.4 is 0 Å². The predicted octanol–water partition coefficient (Wildman–Crippen LogP) is 4.52. The van der Waals surface area contributed by atoms with E-state index in [-0.39, 0.29) is 5.91 Å². The SMILES string of the molecule is Cc1c[nH]c2nccc(-c3c(-c4cccc(Cl)c4)nn4c3CN(C(=O)/C=C/CN(C)C)CC4)c12. The molecule has 0 radical (unpaired) electrons. The molecular weight excluding hydrogens is 448 g/mol. The molecule has 4 heterocycles. The molecule has 34 heavy (non-hydrogen) atoms. The highest BCUT2D eigenvalue weighted by molar-refractivity contribution is 6.30. The standard InChI is InChI=1S/C26H27ClN6O/c1-17-15-29-26-23(17)20(9-10-28-26)24-21-16-32(22(34)8-5-11-31(2)3)12-13-33(21)30-25(24)18-6-4-7-19(27)14-18/h4-10,14-15H,11-13,16H2,1-3H3,(H,28,29)/b8-5+. The fourth-order valence-electron chi connectivity index (χ4n) is 4.52. The molecule has 1 aliphatic heterocycles. The number of hydrogen-bond acceptors (Lipinski definition) is 4. The summed E-state index contributed by atoms with van der Waals surface area (Å²) in [7, 11) is 3.97. The topological polar surface area (TPSA) is 70.0 Å². The lowest BCUT2D eigenvalue weighted by Crippen LogP contribution is -2.37. The minimum Gasteiger partial charge on any atom is -0.346 e. The van der Waals surface area contributed by atoms with Gasteiger partial charge >= 0.3 is 0 Å². The van der Waals surface area contributed by atoms with Crippen LogP contribution in [0.4, 0.5) is 0 Å². The predicted molar refractivity (Wildman–Crippen MR) is 136 cm³/mol. The highest BCUT2D eigenvalue weighted by Crippen LogP contribution is 2.40. The molecule has 3 aromatic heterocycles. The molecule has 0 saturated carbocycles. The third-order valence-electron chi connectivity index (χ3n) is 6.16. The van der Waals surface area contributed by atoms with Crippen molar-refractivity contribution in [3.63, 3.8) is 0 Å². The van der Waals surface area contributed by atoms with E-state index in [0.717, 1.165) is 51.2 Å². The molecule has 0 fully saturated rings. The molecule has 1 N–H and O–H groups in total. The van der Waals surface area contributed by atoms with E-state index in [9.17, 15) is 4.79 Å². The Labute approximate surface area is 203 Å². The number of carbonyl (C=O) groups excluding carboxylic acids is 1. The summed E-state index contributed by atoms with van der Waals surface area (Å²) < 4.78 is 2.03. The molecule has 0 spiro atoms. The van der Waals surface area contributed by atoms with Gasteiger partial charge in [-0.25, -0.2) is 4.98 Å². The van der Waals surface area contributed by atoms with Gasteiger partial charge in [0.2, 0.25) is 5.91 Å². The monoisotopic (exact) mass is 474 g/mol. The number of amides is 1. The van der Waals surface area contributed by atoms with E-state index in [1.165, 1.54) is 0 Å². The summed E-state index contributed by atoms with van der Waals surface area (Å²) in [5, 5.41) is 6.73. The van der Waals surface area contributed by atoms with Crippen LogP contribution in [0.1, 0.15) is 11.3 Å². The summed E-state index contributed by atoms with van der Waals surface area (Å²) >= 11 is 6.34. The number of halogens is 1. The average Bonchev–Trinajstić information content (AvgIpc) is 3.39. The summed E-state index contributed by atoms with van der Waals surface area (Å²) in [5.41, 5.74) is 6.86. The van der Waals surface area contributed by atoms with E-state index in [4.69, 9.17) is 16.7 Å². The first kappa shape index (κ1) is 22.4. The molecule has 0 atom stereocenters. The van der Waals surface area contributed by atoms with Crippen molar-refractivity contribution in [3.8, 4) is 22.4 Å². The molecule has 0 aliphatic carbocycles. The van der Waals surface area contributed by atoms with Gasteiger partial charge in [-0.15, -0.1) is 0 Å². The molecule has 174 valence electrons. The van der Waals surface area contributed by atoms with Crippen LogP contribution in [-0.2, 0) is 17.9 Å². The summed E-state index contributed by atoms with van der Waals surface area (Å²) in [5.74, 6) is 0.0160. The molecule has 0 unspecified atom stereocenters. The van der Waals surface area contributed by atoms with Crippen LogP contribution in [0.15, 0.2) is 54.9 Å². The van der Waals surface area contributed by atoms with Crippen molar-refractivity contribution in [2.24, 2.45) is 0 Å². The normalized spacial score (nSPS) is 13.9. The number of carbonyl (C=O) groups is 1. The van der Waals surface area contributed by atoms with Crippen LogP contribution in [0.25, 0.3) is 33.4 Å². The smallest absolute Gasteiger partial charge is 0.246 e. The molecule has 1 aliphatic rings. The molecule has 7 nitrogen and oxygen atoms in total. The lowest BCUT2D eigenvalue weighted by atomic mass is 9.95. The zero-order valence-electron chi connectivity index (χ0n) is 19.5. The zero-order chi connectivity index (χ0) is 23.8. The van der Waals surface area contributed by atoms with Crippen molar-refractivity contribution in [2.75, 3.05) is 27.2 Å². The number of nitrogens with one attached hydrogen (secondary N) is 1. The number of aryl methyl sites for hydroxylation is 1. The molecule has 0 bridgehead atoms. The third-order valence-corrected chi connectivity index (χ3v) is 6.40. The van der Waals surface area contributed by atoms with E-state index in [1.54, 1.807) is 6.08 Å². The first-order chi connectivity index (χ1) is 16.4. The molecular formula is C26H27ClN6O. The van der Waals surface area contributed by atoms with Gasteiger partial charge in [-0.05, 0) is 50.3 Å². The van der Waals surface area contributed by atoms with Crippen molar-refractivity contribution in [1.82, 2.24) is 29.5 Å². The second kappa shape index (κ2) is 9.08. The molecule has 4 aromatic rings. The minimum absolute atomic E-state index is 0.0160. The average molecular weight is 475 g/mol. The molecule has 1 aromatic carbocycles. The Hall–Kier alpha value is -3.42. The number of aromatic amines is 1. The van der Waals surface area contributed by atoms with Gasteiger partial charge < -0.3 is 14.8 Å². The Kier molecular flexibility index (Phi) is 5.98. The second-order valence-electron chi connectivity index (χ2n) is 8.88. The Morgan fingerprint density at radius 3 is 2.91 bits per heavy atom. The fraction of sp³-hybridized carbons (Fsp3) is 0.269. The van der Waals surface area contributed by atoms with Gasteiger partial charge in [-0.3, -0.25) is 9.48 Å². The number of H-pyrrole nitrogens is 1. The lowest BCUT2D eigenvalue weighted by molar-refractivity contribution is -0.127. The first-order valence-corrected chi connectivity index (χ1v) is 11.7. The van der Waals surface area contributed by atoms with Crippen LogP contribution in [0, 0.1) is 6.92 Å². The number of rotatable bonds is 5. The molecule has 5 rings (SSSR count). The Morgan fingerprint density at radius 1 is 1.26 bits per heavy atom. The fourth-order valence-corrected chi connectivity index (χ4v) is 4.71. The van der Waals surface area contributed by atoms with E-state index >= 15 is 0 Å². The van der Waals surface area contributed by atoms with Gasteiger partial charge in [0.15, 0.2) is 0 Å². The van der Waals surface area contributed by atoms with Crippen molar-refractivity contribution < 1.29 is 4.79 Å². The van der Waals surface area contributed by atoms with Gasteiger partial charge in [0.05, 0.1) is 18.8 Å². The Balaban J connectivity index is 1.64. The molecule has 8 heteroatoms. The number of fused-ring (bicyclic) bond motifs is 2. The summed E-state index contributed by atoms with van der Waals surface area (Å²) in [6.07, 6.45) is 7.36. The van der Waals surface area contributed by atoms with Gasteiger partial charge in [0, 0.05) is 53.1 Å². The minimum atomic E-state index is 0.0160. The van der Waals surface area contributed by atoms with Gasteiger partial charge in [0.25, 0.3) is 0 Å². The van der Waals surface area contributed by atoms with E-state index < -0.39 is 0 Å². The van der Waals surface area contributed by atoms with Crippen molar-refractivity contribution >= 4 is 28.5 Å². The first-order valence-electron chi connectivity index (χ1n) is 11.3. The van der Waals surface area contributed by atoms with Crippen molar-refractivity contribution in [3.05, 3.63) is 71.2 Å². The second-order valence-corrected chi connectivity index (χ2v) is 9.32. The van der Waals surface area contributed by atoms with Crippen LogP contribution in [0.3, 0.4) is 0 Å². The largest absolute Gasteiger partial charge is 0.346 e. The van der Waals surface area contributed by atoms with Gasteiger partial charge in [-0.1, -0.05) is 29.8 Å². The Bertz CT molecular complexity index is 1400. The highest BCUT2D eigenvalue weighted by atomic mass is 35.5. The summed E-state index contributed by atoms with van der Waals surface area (Å²) in [6.45, 7) is 4.54. The number of likely N-dealkylation sites (N-methyl/N-ethyl adjacent to an activating group) is 1. The molecule has 0 saturated heterocycles. The number of aromatic nitrogens is 4. The van der Waals surface area contributed by atoms with E-state index in [1.807, 2.05) is 77.4 Å². The summed E-state index contributed by atoms with van der Waals surface area (Å²) in [4.78, 5) is 24.6. The van der Waals surface area contributed by atoms with E-state index in [0.29, 0.717) is 24.7 Å². The third kappa shape index (κ3) is 4.13. The molecule has 1 amide bonds. The quantitative estimate of drug-likeness (QED) is 0.432. The number of pyridine rings is 1. The highest BCUT2D eigenvalue weighted by Gasteiger charge is 2.28. The van der Waals surface area contributed by atoms with Crippen LogP contribution >= 0.6 is 11.6 Å². The van der Waals surface area contributed by atoms with Crippen LogP contribution in [0.5, 0.6) is 0 Å². The van der Waals surface area contributed by atoms with Crippen LogP contribution in [-0.4, -0.2) is 62.6 Å². The maximum atomic E-state index is 12.9. The number of benzene rings is 1. The van der Waals surface area contributed by atoms with Gasteiger partial charge in [-0.2, -0.15) is 5.10 Å². The zero-order valence-corrected chi connectivity index (χ0v) is 20.3. The lowest BCUT2D eigenvalue weighted by Gasteiger charge is -2.27. The number of nitrogens with zero attached hydrogens (tertiary/aromatic N) is 5.